The van der Waals surface area contributed by atoms with Crippen LogP contribution in [0.4, 0.5) is 5.69 Å². The molecule has 1 amide bonds. The number of likely N-dealkylation sites (tertiary alicyclic amines) is 1. The first-order valence-electron chi connectivity index (χ1n) is 18.9. The van der Waals surface area contributed by atoms with E-state index >= 15 is 0 Å². The zero-order chi connectivity index (χ0) is 34.6. The summed E-state index contributed by atoms with van der Waals surface area (Å²) in [6, 6.07) is 12.0. The molecule has 1 spiro atoms. The molecule has 8 rings (SSSR count). The Hall–Kier alpha value is -2.37. The molecule has 4 aliphatic heterocycles. The van der Waals surface area contributed by atoms with Gasteiger partial charge in [0.1, 0.15) is 5.75 Å². The van der Waals surface area contributed by atoms with Gasteiger partial charge in [0, 0.05) is 35.0 Å². The third kappa shape index (κ3) is 6.57. The number of halogens is 1. The van der Waals surface area contributed by atoms with Crippen molar-refractivity contribution >= 4 is 33.2 Å². The van der Waals surface area contributed by atoms with Crippen LogP contribution in [0.15, 0.2) is 36.4 Å². The van der Waals surface area contributed by atoms with Crippen LogP contribution in [0.2, 0.25) is 5.02 Å². The summed E-state index contributed by atoms with van der Waals surface area (Å²) in [5.74, 6) is 1.11. The van der Waals surface area contributed by atoms with E-state index in [2.05, 4.69) is 26.7 Å². The maximum absolute atomic E-state index is 13.6. The summed E-state index contributed by atoms with van der Waals surface area (Å²) in [5.41, 5.74) is 3.51. The Kier molecular flexibility index (Phi) is 9.63. The van der Waals surface area contributed by atoms with Gasteiger partial charge in [0.05, 0.1) is 36.8 Å². The average molecular weight is 726 g/mol. The number of carbonyl (C=O) groups excluding carboxylic acids is 1. The van der Waals surface area contributed by atoms with Crippen molar-refractivity contribution in [1.29, 1.82) is 0 Å². The van der Waals surface area contributed by atoms with E-state index in [1.54, 1.807) is 13.0 Å². The Balaban J connectivity index is 1.15. The maximum atomic E-state index is 13.6. The fraction of sp³-hybridized carbons (Fsp3) is 0.667. The highest BCUT2D eigenvalue weighted by molar-refractivity contribution is 7.90. The van der Waals surface area contributed by atoms with Gasteiger partial charge in [0.25, 0.3) is 5.91 Å². The van der Waals surface area contributed by atoms with Crippen molar-refractivity contribution in [1.82, 2.24) is 9.62 Å². The average Bonchev–Trinajstić information content (AvgIpc) is 3.21. The van der Waals surface area contributed by atoms with Gasteiger partial charge in [-0.1, -0.05) is 31.0 Å². The van der Waals surface area contributed by atoms with Gasteiger partial charge in [0.2, 0.25) is 10.0 Å². The molecule has 50 heavy (non-hydrogen) atoms. The SMILES string of the molecule is C[C@@H]1[C@@H](C)CCC[C@@H]([C@H]2OC[C@H](N3CCC3)CO2)[C@@H]2CC[C@H]2CN2C[C@@]3(CCCc4cc(Cl)ccc43)COc3ccc(cc32)C(=O)NS1(=O)=O. The molecule has 2 aromatic carbocycles. The summed E-state index contributed by atoms with van der Waals surface area (Å²) in [4.78, 5) is 18.5. The van der Waals surface area contributed by atoms with E-state index in [-0.39, 0.29) is 23.5 Å². The number of fused-ring (bicyclic) bond motifs is 4. The lowest BCUT2D eigenvalue weighted by atomic mass is 9.64. The highest BCUT2D eigenvalue weighted by Crippen LogP contribution is 2.49. The molecule has 6 aliphatic rings. The smallest absolute Gasteiger partial charge is 0.264 e. The molecule has 2 aromatic rings. The fourth-order valence-corrected chi connectivity index (χ4v) is 11.1. The van der Waals surface area contributed by atoms with Crippen molar-refractivity contribution in [2.75, 3.05) is 50.9 Å². The first kappa shape index (κ1) is 34.7. The highest BCUT2D eigenvalue weighted by Gasteiger charge is 2.47. The molecule has 2 saturated heterocycles. The molecular weight excluding hydrogens is 674 g/mol. The summed E-state index contributed by atoms with van der Waals surface area (Å²) < 4.78 is 49.3. The van der Waals surface area contributed by atoms with Crippen LogP contribution in [0.3, 0.4) is 0 Å². The molecular formula is C39H52ClN3O6S. The number of hydrogen-bond donors (Lipinski definition) is 1. The predicted molar refractivity (Wildman–Crippen MR) is 194 cm³/mol. The number of hydrogen-bond acceptors (Lipinski definition) is 8. The van der Waals surface area contributed by atoms with E-state index in [1.165, 1.54) is 17.5 Å². The van der Waals surface area contributed by atoms with Crippen molar-refractivity contribution in [3.05, 3.63) is 58.1 Å². The van der Waals surface area contributed by atoms with Crippen LogP contribution in [0.1, 0.15) is 86.7 Å². The summed E-state index contributed by atoms with van der Waals surface area (Å²) >= 11 is 6.48. The summed E-state index contributed by atoms with van der Waals surface area (Å²) in [6.07, 6.45) is 8.84. The fourth-order valence-electron chi connectivity index (χ4n) is 9.64. The third-order valence-corrected chi connectivity index (χ3v) is 15.3. The number of amides is 1. The summed E-state index contributed by atoms with van der Waals surface area (Å²) in [5, 5.41) is 0.0405. The van der Waals surface area contributed by atoms with E-state index < -0.39 is 21.2 Å². The van der Waals surface area contributed by atoms with Crippen LogP contribution in [-0.2, 0) is 31.3 Å². The largest absolute Gasteiger partial charge is 0.490 e. The minimum absolute atomic E-state index is 0.115. The molecule has 4 heterocycles. The first-order chi connectivity index (χ1) is 24.1. The van der Waals surface area contributed by atoms with Crippen molar-refractivity contribution in [3.8, 4) is 5.75 Å². The maximum Gasteiger partial charge on any atom is 0.264 e. The monoisotopic (exact) mass is 725 g/mol. The zero-order valence-corrected chi connectivity index (χ0v) is 31.0. The Morgan fingerprint density at radius 2 is 1.76 bits per heavy atom. The van der Waals surface area contributed by atoms with Gasteiger partial charge >= 0.3 is 0 Å². The van der Waals surface area contributed by atoms with Crippen molar-refractivity contribution in [2.45, 2.75) is 94.6 Å². The minimum atomic E-state index is -3.90. The van der Waals surface area contributed by atoms with Crippen LogP contribution >= 0.6 is 11.6 Å². The summed E-state index contributed by atoms with van der Waals surface area (Å²) in [7, 11) is -3.90. The minimum Gasteiger partial charge on any atom is -0.490 e. The molecule has 6 atom stereocenters. The molecule has 1 saturated carbocycles. The number of nitrogens with one attached hydrogen (secondary N) is 1. The molecule has 2 bridgehead atoms. The molecule has 0 unspecified atom stereocenters. The van der Waals surface area contributed by atoms with Crippen LogP contribution in [-0.4, -0.2) is 82.8 Å². The second kappa shape index (κ2) is 13.9. The number of nitrogens with zero attached hydrogens (tertiary/aromatic N) is 2. The summed E-state index contributed by atoms with van der Waals surface area (Å²) in [6.45, 7) is 9.44. The standard InChI is InChI=1S/C39H52ClN3O6S/c1-25-6-3-8-33(38-47-21-31(22-48-38)42-16-5-17-42)32-12-9-29(32)20-43-23-39(15-4-7-27-18-30(40)11-13-34(27)39)24-49-36-14-10-28(19-35(36)43)37(44)41-50(45,46)26(25)2/h10-11,13-14,18-19,25-26,29,31-33,38H,3-9,12,15-17,20-24H2,1-2H3,(H,41,44)/t25-,26+,29-,31-,32+,33+,38-,39-/m0/s1. The van der Waals surface area contributed by atoms with Crippen LogP contribution < -0.4 is 14.4 Å². The number of aryl methyl sites for hydroxylation is 1. The van der Waals surface area contributed by atoms with Gasteiger partial charge in [-0.2, -0.15) is 0 Å². The van der Waals surface area contributed by atoms with Crippen molar-refractivity contribution < 1.29 is 27.4 Å². The number of benzene rings is 2. The quantitative estimate of drug-likeness (QED) is 0.393. The Morgan fingerprint density at radius 1 is 0.940 bits per heavy atom. The Morgan fingerprint density at radius 3 is 2.50 bits per heavy atom. The van der Waals surface area contributed by atoms with E-state index in [1.807, 2.05) is 25.1 Å². The number of carbonyl (C=O) groups is 1. The lowest BCUT2D eigenvalue weighted by molar-refractivity contribution is -0.246. The van der Waals surface area contributed by atoms with E-state index in [0.29, 0.717) is 43.3 Å². The molecule has 2 aliphatic carbocycles. The second-order valence-electron chi connectivity index (χ2n) is 16.1. The molecule has 1 N–H and O–H groups in total. The van der Waals surface area contributed by atoms with Gasteiger partial charge in [-0.3, -0.25) is 9.69 Å². The van der Waals surface area contributed by atoms with E-state index in [4.69, 9.17) is 25.8 Å². The van der Waals surface area contributed by atoms with E-state index in [9.17, 15) is 13.2 Å². The van der Waals surface area contributed by atoms with Gasteiger partial charge < -0.3 is 19.1 Å². The first-order valence-corrected chi connectivity index (χ1v) is 20.9. The highest BCUT2D eigenvalue weighted by atomic mass is 35.5. The van der Waals surface area contributed by atoms with Crippen LogP contribution in [0, 0.1) is 23.7 Å². The third-order valence-electron chi connectivity index (χ3n) is 13.2. The molecule has 0 radical (unpaired) electrons. The zero-order valence-electron chi connectivity index (χ0n) is 29.4. The number of anilines is 1. The van der Waals surface area contributed by atoms with E-state index in [0.717, 1.165) is 94.0 Å². The lowest BCUT2D eigenvalue weighted by Crippen LogP contribution is -2.55. The number of rotatable bonds is 2. The predicted octanol–water partition coefficient (Wildman–Crippen LogP) is 6.17. The topological polar surface area (TPSA) is 97.4 Å². The van der Waals surface area contributed by atoms with Gasteiger partial charge in [-0.25, -0.2) is 13.1 Å². The molecule has 11 heteroatoms. The van der Waals surface area contributed by atoms with Gasteiger partial charge in [0.15, 0.2) is 6.29 Å². The van der Waals surface area contributed by atoms with Crippen molar-refractivity contribution in [3.63, 3.8) is 0 Å². The Labute approximate surface area is 302 Å². The normalized spacial score (nSPS) is 36.1. The number of sulfonamides is 1. The lowest BCUT2D eigenvalue weighted by Gasteiger charge is -2.49. The molecule has 272 valence electrons. The Bertz CT molecular complexity index is 1690. The van der Waals surface area contributed by atoms with Crippen molar-refractivity contribution in [2.24, 2.45) is 23.7 Å². The molecule has 0 aromatic heterocycles. The molecule has 3 fully saturated rings. The van der Waals surface area contributed by atoms with Crippen LogP contribution in [0.5, 0.6) is 5.75 Å². The van der Waals surface area contributed by atoms with Gasteiger partial charge in [-0.15, -0.1) is 0 Å². The number of ether oxygens (including phenoxy) is 3. The van der Waals surface area contributed by atoms with Crippen LogP contribution in [0.25, 0.3) is 0 Å². The second-order valence-corrected chi connectivity index (χ2v) is 18.6. The molecule has 9 nitrogen and oxygen atoms in total. The van der Waals surface area contributed by atoms with Gasteiger partial charge in [-0.05, 0) is 131 Å².